The second-order valence-corrected chi connectivity index (χ2v) is 5.35. The summed E-state index contributed by atoms with van der Waals surface area (Å²) in [5.74, 6) is 1.44. The summed E-state index contributed by atoms with van der Waals surface area (Å²) in [5.41, 5.74) is 2.88. The van der Waals surface area contributed by atoms with Crippen LogP contribution in [0.25, 0.3) is 0 Å². The Labute approximate surface area is 103 Å². The van der Waals surface area contributed by atoms with Gasteiger partial charge >= 0.3 is 0 Å². The van der Waals surface area contributed by atoms with Crippen LogP contribution in [0.1, 0.15) is 36.8 Å². The molecule has 2 atom stereocenters. The fourth-order valence-electron chi connectivity index (χ4n) is 2.81. The smallest absolute Gasteiger partial charge is 0.0440 e. The van der Waals surface area contributed by atoms with Crippen LogP contribution in [-0.2, 0) is 6.42 Å². The number of hydrogen-bond donors (Lipinski definition) is 1. The zero-order valence-electron chi connectivity index (χ0n) is 10.1. The molecule has 2 heteroatoms. The second kappa shape index (κ2) is 5.20. The van der Waals surface area contributed by atoms with E-state index in [0.717, 1.165) is 23.9 Å². The van der Waals surface area contributed by atoms with Gasteiger partial charge in [-0.05, 0) is 61.9 Å². The summed E-state index contributed by atoms with van der Waals surface area (Å²) in [7, 11) is 2.02. The van der Waals surface area contributed by atoms with Crippen LogP contribution in [0, 0.1) is 5.92 Å². The minimum absolute atomic E-state index is 0.685. The van der Waals surface area contributed by atoms with E-state index in [2.05, 4.69) is 24.4 Å². The molecule has 1 nitrogen and oxygen atoms in total. The van der Waals surface area contributed by atoms with Crippen LogP contribution < -0.4 is 5.32 Å². The van der Waals surface area contributed by atoms with Crippen LogP contribution >= 0.6 is 11.6 Å². The number of rotatable bonds is 3. The van der Waals surface area contributed by atoms with Crippen LogP contribution in [0.2, 0.25) is 5.02 Å². The molecule has 0 saturated heterocycles. The molecule has 0 spiro atoms. The lowest BCUT2D eigenvalue weighted by Crippen LogP contribution is -2.20. The molecular formula is C14H20ClN. The third kappa shape index (κ3) is 2.41. The first-order valence-electron chi connectivity index (χ1n) is 6.14. The van der Waals surface area contributed by atoms with Crippen molar-refractivity contribution in [2.45, 2.75) is 32.1 Å². The topological polar surface area (TPSA) is 12.0 Å². The molecule has 16 heavy (non-hydrogen) atoms. The molecule has 0 amide bonds. The van der Waals surface area contributed by atoms with E-state index in [1.807, 2.05) is 13.1 Å². The largest absolute Gasteiger partial charge is 0.320 e. The van der Waals surface area contributed by atoms with Crippen molar-refractivity contribution in [2.24, 2.45) is 5.92 Å². The first kappa shape index (κ1) is 11.9. The molecule has 88 valence electrons. The highest BCUT2D eigenvalue weighted by Crippen LogP contribution is 2.39. The lowest BCUT2D eigenvalue weighted by atomic mass is 9.76. The van der Waals surface area contributed by atoms with Gasteiger partial charge in [-0.15, -0.1) is 0 Å². The standard InChI is InChI=1S/C14H20ClN/c1-10-8-11(6-7-16-2)12-4-3-5-14(15)13(12)9-10/h3-5,10-11,16H,6-9H2,1-2H3. The van der Waals surface area contributed by atoms with Crippen LogP contribution in [0.4, 0.5) is 0 Å². The number of nitrogens with one attached hydrogen (secondary N) is 1. The van der Waals surface area contributed by atoms with Crippen LogP contribution in [-0.4, -0.2) is 13.6 Å². The maximum atomic E-state index is 6.29. The Morgan fingerprint density at radius 3 is 3.00 bits per heavy atom. The van der Waals surface area contributed by atoms with Crippen molar-refractivity contribution in [3.8, 4) is 0 Å². The maximum absolute atomic E-state index is 6.29. The summed E-state index contributed by atoms with van der Waals surface area (Å²) in [6.07, 6.45) is 3.66. The summed E-state index contributed by atoms with van der Waals surface area (Å²) in [6, 6.07) is 6.37. The molecule has 2 rings (SSSR count). The third-order valence-electron chi connectivity index (χ3n) is 3.58. The molecule has 1 N–H and O–H groups in total. The molecule has 1 aromatic rings. The molecule has 1 aromatic carbocycles. The SMILES string of the molecule is CNCCC1CC(C)Cc2c(Cl)cccc21. The lowest BCUT2D eigenvalue weighted by Gasteiger charge is -2.30. The Hall–Kier alpha value is -0.530. The van der Waals surface area contributed by atoms with Crippen molar-refractivity contribution < 1.29 is 0 Å². The molecule has 0 aliphatic heterocycles. The van der Waals surface area contributed by atoms with E-state index in [-0.39, 0.29) is 0 Å². The molecule has 0 fully saturated rings. The molecular weight excluding hydrogens is 218 g/mol. The van der Waals surface area contributed by atoms with E-state index in [0.29, 0.717) is 5.92 Å². The molecule has 0 radical (unpaired) electrons. The maximum Gasteiger partial charge on any atom is 0.0440 e. The van der Waals surface area contributed by atoms with Gasteiger partial charge in [0, 0.05) is 5.02 Å². The summed E-state index contributed by atoms with van der Waals surface area (Å²) < 4.78 is 0. The minimum Gasteiger partial charge on any atom is -0.320 e. The van der Waals surface area contributed by atoms with Crippen LogP contribution in [0.5, 0.6) is 0 Å². The van der Waals surface area contributed by atoms with E-state index in [4.69, 9.17) is 11.6 Å². The number of halogens is 1. The average Bonchev–Trinajstić information content (AvgIpc) is 2.27. The minimum atomic E-state index is 0.685. The van der Waals surface area contributed by atoms with Gasteiger partial charge in [0.1, 0.15) is 0 Å². The Morgan fingerprint density at radius 1 is 1.44 bits per heavy atom. The van der Waals surface area contributed by atoms with Gasteiger partial charge in [0.05, 0.1) is 0 Å². The molecule has 0 bridgehead atoms. The van der Waals surface area contributed by atoms with Crippen LogP contribution in [0.15, 0.2) is 18.2 Å². The van der Waals surface area contributed by atoms with Crippen molar-refractivity contribution in [1.29, 1.82) is 0 Å². The van der Waals surface area contributed by atoms with Crippen molar-refractivity contribution >= 4 is 11.6 Å². The third-order valence-corrected chi connectivity index (χ3v) is 3.93. The molecule has 0 saturated carbocycles. The summed E-state index contributed by atoms with van der Waals surface area (Å²) >= 11 is 6.29. The summed E-state index contributed by atoms with van der Waals surface area (Å²) in [4.78, 5) is 0. The zero-order valence-corrected chi connectivity index (χ0v) is 10.8. The van der Waals surface area contributed by atoms with E-state index in [1.54, 1.807) is 0 Å². The van der Waals surface area contributed by atoms with Crippen molar-refractivity contribution in [1.82, 2.24) is 5.32 Å². The lowest BCUT2D eigenvalue weighted by molar-refractivity contribution is 0.412. The summed E-state index contributed by atoms with van der Waals surface area (Å²) in [6.45, 7) is 3.42. The Bertz CT molecular complexity index is 362. The number of fused-ring (bicyclic) bond motifs is 1. The van der Waals surface area contributed by atoms with E-state index in [9.17, 15) is 0 Å². The summed E-state index contributed by atoms with van der Waals surface area (Å²) in [5, 5.41) is 4.20. The van der Waals surface area contributed by atoms with Crippen LogP contribution in [0.3, 0.4) is 0 Å². The normalized spacial score (nSPS) is 24.2. The van der Waals surface area contributed by atoms with Gasteiger partial charge in [-0.2, -0.15) is 0 Å². The molecule has 1 aliphatic carbocycles. The van der Waals surface area contributed by atoms with Crippen molar-refractivity contribution in [3.63, 3.8) is 0 Å². The molecule has 0 aromatic heterocycles. The Balaban J connectivity index is 2.27. The number of benzene rings is 1. The highest BCUT2D eigenvalue weighted by atomic mass is 35.5. The predicted octanol–water partition coefficient (Wildman–Crippen LogP) is 3.62. The second-order valence-electron chi connectivity index (χ2n) is 4.94. The molecule has 1 aliphatic rings. The van der Waals surface area contributed by atoms with Crippen molar-refractivity contribution in [3.05, 3.63) is 34.3 Å². The molecule has 2 unspecified atom stereocenters. The Kier molecular flexibility index (Phi) is 3.88. The fourth-order valence-corrected chi connectivity index (χ4v) is 3.07. The average molecular weight is 238 g/mol. The quantitative estimate of drug-likeness (QED) is 0.847. The Morgan fingerprint density at radius 2 is 2.25 bits per heavy atom. The van der Waals surface area contributed by atoms with Gasteiger partial charge in [-0.3, -0.25) is 0 Å². The van der Waals surface area contributed by atoms with E-state index in [1.165, 1.54) is 24.0 Å². The van der Waals surface area contributed by atoms with Gasteiger partial charge in [0.25, 0.3) is 0 Å². The highest BCUT2D eigenvalue weighted by Gasteiger charge is 2.25. The first-order chi connectivity index (χ1) is 7.72. The van der Waals surface area contributed by atoms with E-state index < -0.39 is 0 Å². The van der Waals surface area contributed by atoms with Gasteiger partial charge < -0.3 is 5.32 Å². The van der Waals surface area contributed by atoms with Gasteiger partial charge in [0.2, 0.25) is 0 Å². The van der Waals surface area contributed by atoms with Gasteiger partial charge in [0.15, 0.2) is 0 Å². The monoisotopic (exact) mass is 237 g/mol. The van der Waals surface area contributed by atoms with E-state index >= 15 is 0 Å². The van der Waals surface area contributed by atoms with Crippen molar-refractivity contribution in [2.75, 3.05) is 13.6 Å². The first-order valence-corrected chi connectivity index (χ1v) is 6.52. The molecule has 0 heterocycles. The van der Waals surface area contributed by atoms with Gasteiger partial charge in [-0.1, -0.05) is 30.7 Å². The zero-order chi connectivity index (χ0) is 11.5. The highest BCUT2D eigenvalue weighted by molar-refractivity contribution is 6.31. The van der Waals surface area contributed by atoms with Gasteiger partial charge in [-0.25, -0.2) is 0 Å². The number of hydrogen-bond acceptors (Lipinski definition) is 1. The fraction of sp³-hybridized carbons (Fsp3) is 0.571. The predicted molar refractivity (Wildman–Crippen MR) is 70.2 cm³/mol.